The number of aryl methyl sites for hydroxylation is 1. The summed E-state index contributed by atoms with van der Waals surface area (Å²) in [4.78, 5) is 21.5. The molecule has 0 bridgehead atoms. The minimum atomic E-state index is -0.295. The van der Waals surface area contributed by atoms with Crippen LogP contribution < -0.4 is 10.3 Å². The molecule has 0 radical (unpaired) electrons. The first-order valence-corrected chi connectivity index (χ1v) is 5.41. The van der Waals surface area contributed by atoms with Crippen LogP contribution in [0.25, 0.3) is 0 Å². The van der Waals surface area contributed by atoms with E-state index in [1.807, 2.05) is 12.1 Å². The van der Waals surface area contributed by atoms with Crippen LogP contribution in [-0.2, 0) is 6.42 Å². The van der Waals surface area contributed by atoms with Crippen LogP contribution in [0, 0.1) is 0 Å². The molecule has 0 aliphatic carbocycles. The van der Waals surface area contributed by atoms with Gasteiger partial charge in [-0.05, 0) is 30.5 Å². The maximum atomic E-state index is 11.2. The molecule has 2 heterocycles. The molecule has 5 nitrogen and oxygen atoms in total. The monoisotopic (exact) mass is 231 g/mol. The Balaban J connectivity index is 1.78. The second-order valence-corrected chi connectivity index (χ2v) is 3.53. The highest BCUT2D eigenvalue weighted by atomic mass is 16.5. The van der Waals surface area contributed by atoms with Gasteiger partial charge in [-0.2, -0.15) is 0 Å². The van der Waals surface area contributed by atoms with Gasteiger partial charge in [-0.15, -0.1) is 0 Å². The van der Waals surface area contributed by atoms with Crippen LogP contribution in [0.1, 0.15) is 12.0 Å². The molecule has 0 fully saturated rings. The number of hydrogen-bond donors (Lipinski definition) is 1. The number of nitrogens with zero attached hydrogens (tertiary/aromatic N) is 2. The second kappa shape index (κ2) is 5.79. The summed E-state index contributed by atoms with van der Waals surface area (Å²) in [5.74, 6) is 0.127. The molecule has 2 aromatic rings. The van der Waals surface area contributed by atoms with Crippen molar-refractivity contribution in [2.75, 3.05) is 6.61 Å². The van der Waals surface area contributed by atoms with Crippen molar-refractivity contribution in [2.45, 2.75) is 12.8 Å². The molecule has 0 aromatic carbocycles. The molecule has 0 aliphatic rings. The van der Waals surface area contributed by atoms with E-state index in [0.29, 0.717) is 6.61 Å². The molecule has 0 spiro atoms. The Hall–Kier alpha value is -2.17. The van der Waals surface area contributed by atoms with E-state index in [9.17, 15) is 4.79 Å². The minimum Gasteiger partial charge on any atom is -0.474 e. The van der Waals surface area contributed by atoms with Crippen LogP contribution in [0.4, 0.5) is 0 Å². The van der Waals surface area contributed by atoms with E-state index < -0.39 is 0 Å². The lowest BCUT2D eigenvalue weighted by molar-refractivity contribution is 0.294. The predicted molar refractivity (Wildman–Crippen MR) is 62.9 cm³/mol. The fourth-order valence-electron chi connectivity index (χ4n) is 1.44. The van der Waals surface area contributed by atoms with E-state index in [2.05, 4.69) is 15.0 Å². The third kappa shape index (κ3) is 3.41. The first kappa shape index (κ1) is 11.3. The van der Waals surface area contributed by atoms with E-state index >= 15 is 0 Å². The lowest BCUT2D eigenvalue weighted by atomic mass is 10.1. The zero-order valence-corrected chi connectivity index (χ0v) is 9.30. The molecule has 0 saturated carbocycles. The van der Waals surface area contributed by atoms with Crippen molar-refractivity contribution < 1.29 is 4.74 Å². The Morgan fingerprint density at radius 1 is 1.24 bits per heavy atom. The molecule has 0 atom stereocenters. The summed E-state index contributed by atoms with van der Waals surface area (Å²) >= 11 is 0. The standard InChI is InChI=1S/C12H13N3O2/c16-11-12(15-8-7-14-11)17-9-1-2-10-3-5-13-6-4-10/h3-8H,1-2,9H2,(H,14,16). The van der Waals surface area contributed by atoms with Crippen molar-refractivity contribution in [2.24, 2.45) is 0 Å². The number of aromatic amines is 1. The van der Waals surface area contributed by atoms with Crippen molar-refractivity contribution in [3.63, 3.8) is 0 Å². The average molecular weight is 231 g/mol. The highest BCUT2D eigenvalue weighted by molar-refractivity contribution is 5.09. The largest absolute Gasteiger partial charge is 0.474 e. The van der Waals surface area contributed by atoms with Crippen molar-refractivity contribution in [3.05, 3.63) is 52.8 Å². The molecule has 5 heteroatoms. The van der Waals surface area contributed by atoms with Gasteiger partial charge < -0.3 is 9.72 Å². The van der Waals surface area contributed by atoms with Gasteiger partial charge in [0.1, 0.15) is 0 Å². The number of pyridine rings is 1. The topological polar surface area (TPSA) is 67.9 Å². The maximum absolute atomic E-state index is 11.2. The highest BCUT2D eigenvalue weighted by Crippen LogP contribution is 2.02. The molecule has 0 amide bonds. The van der Waals surface area contributed by atoms with Gasteiger partial charge >= 0.3 is 5.56 Å². The van der Waals surface area contributed by atoms with Gasteiger partial charge in [-0.3, -0.25) is 9.78 Å². The quantitative estimate of drug-likeness (QED) is 0.784. The molecule has 0 unspecified atom stereocenters. The number of aromatic nitrogens is 3. The molecule has 88 valence electrons. The summed E-state index contributed by atoms with van der Waals surface area (Å²) in [5.41, 5.74) is 0.912. The lowest BCUT2D eigenvalue weighted by Crippen LogP contribution is -2.13. The van der Waals surface area contributed by atoms with Crippen LogP contribution >= 0.6 is 0 Å². The molecule has 1 N–H and O–H groups in total. The summed E-state index contributed by atoms with van der Waals surface area (Å²) in [6, 6.07) is 3.93. The van der Waals surface area contributed by atoms with Crippen molar-refractivity contribution in [1.82, 2.24) is 15.0 Å². The van der Waals surface area contributed by atoms with Gasteiger partial charge in [-0.25, -0.2) is 4.98 Å². The highest BCUT2D eigenvalue weighted by Gasteiger charge is 2.00. The number of ether oxygens (including phenoxy) is 1. The Kier molecular flexibility index (Phi) is 3.85. The molecule has 2 aromatic heterocycles. The number of hydrogen-bond acceptors (Lipinski definition) is 4. The first-order valence-electron chi connectivity index (χ1n) is 5.41. The molecular weight excluding hydrogens is 218 g/mol. The summed E-state index contributed by atoms with van der Waals surface area (Å²) in [6.07, 6.45) is 8.23. The fourth-order valence-corrected chi connectivity index (χ4v) is 1.44. The Labute approximate surface area is 98.5 Å². The summed E-state index contributed by atoms with van der Waals surface area (Å²) < 4.78 is 5.29. The SMILES string of the molecule is O=c1[nH]ccnc1OCCCc1ccncc1. The average Bonchev–Trinajstić information content (AvgIpc) is 2.38. The smallest absolute Gasteiger partial charge is 0.310 e. The van der Waals surface area contributed by atoms with Gasteiger partial charge in [0.05, 0.1) is 6.61 Å². The molecule has 2 rings (SSSR count). The maximum Gasteiger partial charge on any atom is 0.310 e. The molecular formula is C12H13N3O2. The minimum absolute atomic E-state index is 0.127. The number of H-pyrrole nitrogens is 1. The normalized spacial score (nSPS) is 10.1. The van der Waals surface area contributed by atoms with E-state index in [0.717, 1.165) is 12.8 Å². The van der Waals surface area contributed by atoms with Crippen LogP contribution in [0.15, 0.2) is 41.7 Å². The van der Waals surface area contributed by atoms with E-state index in [4.69, 9.17) is 4.74 Å². The van der Waals surface area contributed by atoms with Crippen LogP contribution in [0.5, 0.6) is 5.88 Å². The summed E-state index contributed by atoms with van der Waals surface area (Å²) in [6.45, 7) is 0.475. The van der Waals surface area contributed by atoms with Gasteiger partial charge in [0.2, 0.25) is 0 Å². The zero-order chi connectivity index (χ0) is 11.9. The third-order valence-electron chi connectivity index (χ3n) is 2.27. The number of nitrogens with one attached hydrogen (secondary N) is 1. The third-order valence-corrected chi connectivity index (χ3v) is 2.27. The van der Waals surface area contributed by atoms with Crippen molar-refractivity contribution in [1.29, 1.82) is 0 Å². The first-order chi connectivity index (χ1) is 8.36. The van der Waals surface area contributed by atoms with Gasteiger partial charge in [0.15, 0.2) is 0 Å². The van der Waals surface area contributed by atoms with E-state index in [1.54, 1.807) is 12.4 Å². The lowest BCUT2D eigenvalue weighted by Gasteiger charge is -2.03. The van der Waals surface area contributed by atoms with Crippen LogP contribution in [-0.4, -0.2) is 21.6 Å². The Bertz CT molecular complexity index is 510. The molecule has 0 saturated heterocycles. The summed E-state index contributed by atoms with van der Waals surface area (Å²) in [7, 11) is 0. The second-order valence-electron chi connectivity index (χ2n) is 3.53. The van der Waals surface area contributed by atoms with Crippen LogP contribution in [0.2, 0.25) is 0 Å². The van der Waals surface area contributed by atoms with E-state index in [1.165, 1.54) is 18.0 Å². The van der Waals surface area contributed by atoms with Gasteiger partial charge in [0.25, 0.3) is 5.88 Å². The Morgan fingerprint density at radius 3 is 2.82 bits per heavy atom. The predicted octanol–water partition coefficient (Wildman–Crippen LogP) is 1.18. The van der Waals surface area contributed by atoms with Gasteiger partial charge in [0, 0.05) is 24.8 Å². The van der Waals surface area contributed by atoms with Crippen molar-refractivity contribution in [3.8, 4) is 5.88 Å². The zero-order valence-electron chi connectivity index (χ0n) is 9.30. The Morgan fingerprint density at radius 2 is 2.06 bits per heavy atom. The van der Waals surface area contributed by atoms with Gasteiger partial charge in [-0.1, -0.05) is 0 Å². The fraction of sp³-hybridized carbons (Fsp3) is 0.250. The van der Waals surface area contributed by atoms with Crippen LogP contribution in [0.3, 0.4) is 0 Å². The summed E-state index contributed by atoms with van der Waals surface area (Å²) in [5, 5.41) is 0. The number of rotatable bonds is 5. The molecule has 0 aliphatic heterocycles. The van der Waals surface area contributed by atoms with E-state index in [-0.39, 0.29) is 11.4 Å². The van der Waals surface area contributed by atoms with Crippen molar-refractivity contribution >= 4 is 0 Å². The molecule has 17 heavy (non-hydrogen) atoms.